The average molecular weight is 555 g/mol. The van der Waals surface area contributed by atoms with Gasteiger partial charge >= 0.3 is 0 Å². The molecule has 0 N–H and O–H groups in total. The number of hydrogen-bond donors (Lipinski definition) is 0. The monoisotopic (exact) mass is 554 g/mol. The summed E-state index contributed by atoms with van der Waals surface area (Å²) in [7, 11) is 0. The molecule has 0 radical (unpaired) electrons. The molecule has 0 saturated heterocycles. The minimum atomic E-state index is 0.813. The number of rotatable bonds is 7. The highest BCUT2D eigenvalue weighted by Crippen LogP contribution is 2.36. The topological polar surface area (TPSA) is 0 Å². The first-order chi connectivity index (χ1) is 20.9. The summed E-state index contributed by atoms with van der Waals surface area (Å²) in [6.07, 6.45) is 26.2. The summed E-state index contributed by atoms with van der Waals surface area (Å²) in [5.74, 6) is 0. The fourth-order valence-electron chi connectivity index (χ4n) is 4.79. The van der Waals surface area contributed by atoms with E-state index in [1.54, 1.807) is 12.2 Å². The van der Waals surface area contributed by atoms with Gasteiger partial charge in [0, 0.05) is 0 Å². The van der Waals surface area contributed by atoms with E-state index < -0.39 is 0 Å². The van der Waals surface area contributed by atoms with E-state index in [1.807, 2.05) is 30.4 Å². The van der Waals surface area contributed by atoms with Crippen LogP contribution in [0.4, 0.5) is 0 Å². The SMILES string of the molecule is C=C/C=C\C=C(/C)C(=C)/C=C1C(=C)C(=C)C(=C\C=C)/C=C\C(c2ccc3ccccc3c2)=C/C=C\C=C\1c1ccccc1. The Kier molecular flexibility index (Phi) is 10.6. The summed E-state index contributed by atoms with van der Waals surface area (Å²) in [5, 5.41) is 2.42. The van der Waals surface area contributed by atoms with Gasteiger partial charge in [-0.3, -0.25) is 0 Å². The van der Waals surface area contributed by atoms with Crippen LogP contribution in [0.5, 0.6) is 0 Å². The van der Waals surface area contributed by atoms with E-state index in [4.69, 9.17) is 0 Å². The third-order valence-corrected chi connectivity index (χ3v) is 7.30. The summed E-state index contributed by atoms with van der Waals surface area (Å²) in [6, 6.07) is 25.3. The second-order valence-corrected chi connectivity index (χ2v) is 10.2. The van der Waals surface area contributed by atoms with Crippen LogP contribution >= 0.6 is 0 Å². The van der Waals surface area contributed by atoms with E-state index in [2.05, 4.69) is 149 Å². The second-order valence-electron chi connectivity index (χ2n) is 10.2. The minimum Gasteiger partial charge on any atom is -0.0991 e. The Morgan fingerprint density at radius 2 is 1.42 bits per heavy atom. The summed E-state index contributed by atoms with van der Waals surface area (Å²) in [5.41, 5.74) is 9.77. The largest absolute Gasteiger partial charge is 0.0991 e. The maximum absolute atomic E-state index is 4.57. The smallest absolute Gasteiger partial charge is 0.00995 e. The number of benzene rings is 3. The molecule has 0 unspecified atom stereocenters. The molecule has 0 bridgehead atoms. The fourth-order valence-corrected chi connectivity index (χ4v) is 4.79. The van der Waals surface area contributed by atoms with Crippen LogP contribution in [-0.2, 0) is 0 Å². The van der Waals surface area contributed by atoms with Gasteiger partial charge in [0.1, 0.15) is 0 Å². The van der Waals surface area contributed by atoms with E-state index in [0.717, 1.165) is 55.7 Å². The molecule has 0 saturated carbocycles. The molecule has 0 nitrogen and oxygen atoms in total. The summed E-state index contributed by atoms with van der Waals surface area (Å²) >= 11 is 0. The first-order valence-corrected chi connectivity index (χ1v) is 14.3. The second kappa shape index (κ2) is 15.0. The van der Waals surface area contributed by atoms with Gasteiger partial charge in [0.25, 0.3) is 0 Å². The van der Waals surface area contributed by atoms with Crippen molar-refractivity contribution in [2.45, 2.75) is 6.92 Å². The Morgan fingerprint density at radius 1 is 0.698 bits per heavy atom. The van der Waals surface area contributed by atoms with Crippen molar-refractivity contribution in [2.75, 3.05) is 0 Å². The lowest BCUT2D eigenvalue weighted by atomic mass is 9.84. The van der Waals surface area contributed by atoms with Crippen LogP contribution in [0.25, 0.3) is 21.9 Å². The van der Waals surface area contributed by atoms with Gasteiger partial charge in [-0.25, -0.2) is 0 Å². The third kappa shape index (κ3) is 7.85. The molecule has 3 aromatic carbocycles. The van der Waals surface area contributed by atoms with Crippen LogP contribution in [0.1, 0.15) is 18.1 Å². The van der Waals surface area contributed by atoms with Gasteiger partial charge in [0.2, 0.25) is 0 Å². The molecule has 1 aliphatic carbocycles. The van der Waals surface area contributed by atoms with Crippen molar-refractivity contribution in [1.29, 1.82) is 0 Å². The van der Waals surface area contributed by atoms with Gasteiger partial charge in [-0.1, -0.05) is 173 Å². The zero-order valence-corrected chi connectivity index (χ0v) is 25.0. The lowest BCUT2D eigenvalue weighted by Gasteiger charge is -2.19. The van der Waals surface area contributed by atoms with Gasteiger partial charge in [0.15, 0.2) is 0 Å². The first-order valence-electron chi connectivity index (χ1n) is 14.3. The van der Waals surface area contributed by atoms with Gasteiger partial charge in [-0.05, 0) is 85.6 Å². The summed E-state index contributed by atoms with van der Waals surface area (Å²) < 4.78 is 0. The van der Waals surface area contributed by atoms with E-state index in [0.29, 0.717) is 0 Å². The van der Waals surface area contributed by atoms with Crippen molar-refractivity contribution in [3.63, 3.8) is 0 Å². The van der Waals surface area contributed by atoms with Crippen molar-refractivity contribution in [1.82, 2.24) is 0 Å². The highest BCUT2D eigenvalue weighted by Gasteiger charge is 2.16. The van der Waals surface area contributed by atoms with Crippen LogP contribution in [0, 0.1) is 0 Å². The molecule has 1 aliphatic rings. The molecule has 0 aromatic heterocycles. The van der Waals surface area contributed by atoms with Crippen molar-refractivity contribution in [3.05, 3.63) is 229 Å². The molecule has 3 aromatic rings. The predicted octanol–water partition coefficient (Wildman–Crippen LogP) is 11.8. The summed E-state index contributed by atoms with van der Waals surface area (Å²) in [6.45, 7) is 23.3. The maximum Gasteiger partial charge on any atom is -0.00995 e. The quantitative estimate of drug-likeness (QED) is 0.255. The van der Waals surface area contributed by atoms with Gasteiger partial charge in [0.05, 0.1) is 0 Å². The van der Waals surface area contributed by atoms with Gasteiger partial charge in [-0.15, -0.1) is 0 Å². The minimum absolute atomic E-state index is 0.813. The van der Waals surface area contributed by atoms with Crippen LogP contribution < -0.4 is 0 Å². The van der Waals surface area contributed by atoms with Crippen LogP contribution in [-0.4, -0.2) is 0 Å². The molecule has 0 spiro atoms. The van der Waals surface area contributed by atoms with Crippen LogP contribution in [0.2, 0.25) is 0 Å². The Labute approximate surface area is 257 Å². The highest BCUT2D eigenvalue weighted by atomic mass is 14.2. The first kappa shape index (κ1) is 30.5. The Bertz CT molecular complexity index is 1810. The Balaban J connectivity index is 1.92. The molecule has 0 atom stereocenters. The maximum atomic E-state index is 4.57. The molecule has 0 amide bonds. The normalized spacial score (nSPS) is 20.5. The van der Waals surface area contributed by atoms with E-state index >= 15 is 0 Å². The molecule has 0 heteroatoms. The zero-order valence-electron chi connectivity index (χ0n) is 25.0. The number of allylic oxidation sites excluding steroid dienone is 21. The van der Waals surface area contributed by atoms with Gasteiger partial charge < -0.3 is 0 Å². The molecule has 210 valence electrons. The highest BCUT2D eigenvalue weighted by molar-refractivity contribution is 5.90. The van der Waals surface area contributed by atoms with Crippen LogP contribution in [0.15, 0.2) is 218 Å². The molecule has 0 aliphatic heterocycles. The fraction of sp³-hybridized carbons (Fsp3) is 0.0233. The standard InChI is InChI=1S/C43H38/c1-7-9-11-19-32(3)33(4)30-43-35(6)34(5)36(18-8-2)26-27-38(41-29-28-37-20-14-15-24-40(37)31-41)21-16-17-25-42(43)39-22-12-10-13-23-39/h7-31H,1-2,4-6H2,3H3/b11-9-,17-16-,27-26-,32-19+,36-18-,38-21+,42-25+,43-30+. The predicted molar refractivity (Wildman–Crippen MR) is 192 cm³/mol. The Morgan fingerprint density at radius 3 is 2.16 bits per heavy atom. The number of fused-ring (bicyclic) bond motifs is 1. The van der Waals surface area contributed by atoms with Crippen molar-refractivity contribution in [3.8, 4) is 0 Å². The summed E-state index contributed by atoms with van der Waals surface area (Å²) in [4.78, 5) is 0. The van der Waals surface area contributed by atoms with E-state index in [-0.39, 0.29) is 0 Å². The number of hydrogen-bond acceptors (Lipinski definition) is 0. The molecule has 43 heavy (non-hydrogen) atoms. The Hall–Kier alpha value is -5.46. The molecule has 0 heterocycles. The van der Waals surface area contributed by atoms with Gasteiger partial charge in [-0.2, -0.15) is 0 Å². The van der Waals surface area contributed by atoms with Crippen LogP contribution in [0.3, 0.4) is 0 Å². The lowest BCUT2D eigenvalue weighted by Crippen LogP contribution is -2.00. The van der Waals surface area contributed by atoms with E-state index in [1.165, 1.54) is 10.8 Å². The zero-order chi connectivity index (χ0) is 30.6. The van der Waals surface area contributed by atoms with Crippen molar-refractivity contribution >= 4 is 21.9 Å². The molecular formula is C43H38. The molecule has 4 rings (SSSR count). The average Bonchev–Trinajstić information content (AvgIpc) is 3.03. The third-order valence-electron chi connectivity index (χ3n) is 7.30. The van der Waals surface area contributed by atoms with Crippen molar-refractivity contribution in [2.24, 2.45) is 0 Å². The molecular weight excluding hydrogens is 516 g/mol. The lowest BCUT2D eigenvalue weighted by molar-refractivity contribution is 1.38. The van der Waals surface area contributed by atoms with Crippen molar-refractivity contribution < 1.29 is 0 Å². The molecule has 0 fully saturated rings. The van der Waals surface area contributed by atoms with E-state index in [9.17, 15) is 0 Å².